The Hall–Kier alpha value is -3.62. The van der Waals surface area contributed by atoms with Gasteiger partial charge in [0.2, 0.25) is 17.7 Å². The van der Waals surface area contributed by atoms with E-state index < -0.39 is 0 Å². The van der Waals surface area contributed by atoms with Crippen LogP contribution in [0.3, 0.4) is 0 Å². The molecule has 1 aromatic carbocycles. The number of rotatable bonds is 9. The number of carbonyl (C=O) groups excluding carboxylic acids is 2. The molecule has 3 aliphatic heterocycles. The predicted molar refractivity (Wildman–Crippen MR) is 160 cm³/mol. The zero-order valence-corrected chi connectivity index (χ0v) is 24.9. The average Bonchev–Trinajstić information content (AvgIpc) is 2.94. The maximum atomic E-state index is 13.1. The van der Waals surface area contributed by atoms with Crippen LogP contribution in [0.5, 0.6) is 11.6 Å². The molecular weight excluding hydrogens is 518 g/mol. The highest BCUT2D eigenvalue weighted by Crippen LogP contribution is 2.40. The molecule has 2 aromatic rings. The lowest BCUT2D eigenvalue weighted by Gasteiger charge is -2.38. The molecule has 9 heteroatoms. The van der Waals surface area contributed by atoms with Crippen molar-refractivity contribution >= 4 is 17.8 Å². The lowest BCUT2D eigenvalue weighted by atomic mass is 9.88. The van der Waals surface area contributed by atoms with Gasteiger partial charge in [-0.1, -0.05) is 38.5 Å². The van der Waals surface area contributed by atoms with Gasteiger partial charge < -0.3 is 20.5 Å². The van der Waals surface area contributed by atoms with Gasteiger partial charge in [-0.2, -0.15) is 0 Å². The molecule has 0 fully saturated rings. The quantitative estimate of drug-likeness (QED) is 0.377. The monoisotopic (exact) mass is 563 g/mol. The van der Waals surface area contributed by atoms with Crippen LogP contribution in [0.15, 0.2) is 41.5 Å². The number of unbranched alkanes of at least 4 members (excludes halogenated alkanes) is 1. The lowest BCUT2D eigenvalue weighted by molar-refractivity contribution is -0.123. The van der Waals surface area contributed by atoms with Gasteiger partial charge in [0.1, 0.15) is 11.4 Å². The summed E-state index contributed by atoms with van der Waals surface area (Å²) in [5.41, 5.74) is 8.69. The van der Waals surface area contributed by atoms with E-state index in [-0.39, 0.29) is 35.5 Å². The van der Waals surface area contributed by atoms with Crippen molar-refractivity contribution in [3.8, 4) is 11.6 Å². The molecule has 2 amide bonds. The zero-order valence-electron chi connectivity index (χ0n) is 24.9. The van der Waals surface area contributed by atoms with E-state index in [9.17, 15) is 9.59 Å². The Kier molecular flexibility index (Phi) is 10.2. The van der Waals surface area contributed by atoms with Crippen LogP contribution in [0, 0.1) is 5.92 Å². The first-order chi connectivity index (χ1) is 19.7. The number of pyridine rings is 1. The molecule has 3 unspecified atom stereocenters. The summed E-state index contributed by atoms with van der Waals surface area (Å²) < 4.78 is 12.1. The number of hydrogen-bond acceptors (Lipinski definition) is 7. The van der Waals surface area contributed by atoms with Crippen molar-refractivity contribution in [2.75, 3.05) is 6.61 Å². The summed E-state index contributed by atoms with van der Waals surface area (Å²) in [5.74, 6) is 2.08. The molecule has 41 heavy (non-hydrogen) atoms. The lowest BCUT2D eigenvalue weighted by Crippen LogP contribution is -2.43. The Bertz CT molecular complexity index is 1240. The number of carbonyl (C=O) groups is 2. The van der Waals surface area contributed by atoms with E-state index in [0.717, 1.165) is 61.3 Å². The second kappa shape index (κ2) is 13.8. The summed E-state index contributed by atoms with van der Waals surface area (Å²) >= 11 is 0. The third-order valence-corrected chi connectivity index (χ3v) is 7.72. The van der Waals surface area contributed by atoms with Crippen LogP contribution in [0.2, 0.25) is 0 Å². The van der Waals surface area contributed by atoms with Crippen LogP contribution >= 0.6 is 0 Å². The number of ether oxygens (including phenoxy) is 2. The Morgan fingerprint density at radius 1 is 1.17 bits per heavy atom. The summed E-state index contributed by atoms with van der Waals surface area (Å²) in [5, 5.41) is 5.84. The van der Waals surface area contributed by atoms with E-state index in [4.69, 9.17) is 15.2 Å². The second-order valence-electron chi connectivity index (χ2n) is 11.6. The topological polar surface area (TPSA) is 128 Å². The van der Waals surface area contributed by atoms with Crippen molar-refractivity contribution in [3.05, 3.63) is 53.2 Å². The highest BCUT2D eigenvalue weighted by molar-refractivity contribution is 5.98. The summed E-state index contributed by atoms with van der Waals surface area (Å²) in [4.78, 5) is 33.3. The van der Waals surface area contributed by atoms with Crippen molar-refractivity contribution in [1.82, 2.24) is 15.6 Å². The first-order valence-electron chi connectivity index (χ1n) is 15.0. The van der Waals surface area contributed by atoms with Crippen molar-refractivity contribution in [2.45, 2.75) is 103 Å². The number of aryl methyl sites for hydroxylation is 1. The number of nitrogens with two attached hydrogens (primary N) is 1. The number of nitrogens with one attached hydrogen (secondary N) is 2. The Morgan fingerprint density at radius 2 is 2.00 bits per heavy atom. The van der Waals surface area contributed by atoms with E-state index in [1.165, 1.54) is 5.56 Å². The van der Waals surface area contributed by atoms with Crippen LogP contribution in [0.4, 0.5) is 0 Å². The van der Waals surface area contributed by atoms with Gasteiger partial charge >= 0.3 is 0 Å². The predicted octanol–water partition coefficient (Wildman–Crippen LogP) is 4.77. The molecule has 0 bridgehead atoms. The molecule has 3 aliphatic rings. The van der Waals surface area contributed by atoms with Crippen molar-refractivity contribution < 1.29 is 19.1 Å². The van der Waals surface area contributed by atoms with E-state index >= 15 is 0 Å². The minimum atomic E-state index is -0.366. The molecule has 4 N–H and O–H groups in total. The highest BCUT2D eigenvalue weighted by atomic mass is 16.5. The number of amides is 2. The van der Waals surface area contributed by atoms with Crippen molar-refractivity contribution in [1.29, 1.82) is 0 Å². The third-order valence-electron chi connectivity index (χ3n) is 7.72. The van der Waals surface area contributed by atoms with Gasteiger partial charge in [0.15, 0.2) is 5.96 Å². The molecular formula is C32H45N5O4. The molecule has 5 rings (SSSR count). The fraction of sp³-hybridized carbons (Fsp3) is 0.562. The molecule has 9 nitrogen and oxygen atoms in total. The standard InChI is InChI=1S/C30H39N5O4.C2H6/c1-30(2)17-24(34-26(36)12-10-20-14-21-7-5-13-32-28(21)38-18-20)23-15-19(9-11-25(23)39-30)6-3-4-8-22-16-27(37)35-29(31)33-22;1-2/h5,7,9,11,13,15,20,22,24H,3-4,6,8,10,12,14,16-18H2,1-2H3,(H,34,36)(H3,31,33,35,37);1-2H3. The van der Waals surface area contributed by atoms with Gasteiger partial charge in [-0.15, -0.1) is 0 Å². The number of hydrogen-bond donors (Lipinski definition) is 3. The summed E-state index contributed by atoms with van der Waals surface area (Å²) in [6.07, 6.45) is 8.67. The Balaban J connectivity index is 0.00000189. The number of aromatic nitrogens is 1. The minimum absolute atomic E-state index is 0.0379. The van der Waals surface area contributed by atoms with Gasteiger partial charge in [-0.3, -0.25) is 14.9 Å². The average molecular weight is 564 g/mol. The van der Waals surface area contributed by atoms with Gasteiger partial charge in [-0.25, -0.2) is 9.98 Å². The molecule has 0 spiro atoms. The first-order valence-corrected chi connectivity index (χ1v) is 15.0. The fourth-order valence-corrected chi connectivity index (χ4v) is 5.81. The van der Waals surface area contributed by atoms with Crippen LogP contribution in [-0.4, -0.2) is 41.0 Å². The molecule has 0 saturated carbocycles. The Morgan fingerprint density at radius 3 is 2.80 bits per heavy atom. The van der Waals surface area contributed by atoms with E-state index in [0.29, 0.717) is 31.8 Å². The van der Waals surface area contributed by atoms with E-state index in [1.54, 1.807) is 6.20 Å². The molecule has 4 heterocycles. The van der Waals surface area contributed by atoms with E-state index in [2.05, 4.69) is 46.6 Å². The largest absolute Gasteiger partial charge is 0.487 e. The number of guanidine groups is 1. The SMILES string of the molecule is CC.CC1(C)CC(NC(=O)CCC2COc3ncccc3C2)c2cc(CCCCC3CC(=O)NC(N)=N3)ccc2O1. The summed E-state index contributed by atoms with van der Waals surface area (Å²) in [6, 6.07) is 10.2. The number of benzene rings is 1. The molecule has 0 radical (unpaired) electrons. The maximum Gasteiger partial charge on any atom is 0.228 e. The third kappa shape index (κ3) is 8.44. The zero-order chi connectivity index (χ0) is 29.4. The molecule has 222 valence electrons. The minimum Gasteiger partial charge on any atom is -0.487 e. The van der Waals surface area contributed by atoms with Crippen molar-refractivity contribution in [2.24, 2.45) is 16.6 Å². The fourth-order valence-electron chi connectivity index (χ4n) is 5.81. The van der Waals surface area contributed by atoms with Gasteiger partial charge in [0.05, 0.1) is 18.7 Å². The number of aliphatic imine (C=N–C) groups is 1. The van der Waals surface area contributed by atoms with Gasteiger partial charge in [-0.05, 0) is 69.6 Å². The van der Waals surface area contributed by atoms with Crippen LogP contribution < -0.4 is 25.8 Å². The summed E-state index contributed by atoms with van der Waals surface area (Å²) in [7, 11) is 0. The number of fused-ring (bicyclic) bond motifs is 2. The normalized spacial score (nSPS) is 22.3. The van der Waals surface area contributed by atoms with Crippen LogP contribution in [-0.2, 0) is 22.4 Å². The van der Waals surface area contributed by atoms with Gasteiger partial charge in [0.25, 0.3) is 0 Å². The highest BCUT2D eigenvalue weighted by Gasteiger charge is 2.35. The van der Waals surface area contributed by atoms with E-state index in [1.807, 2.05) is 32.0 Å². The Labute approximate surface area is 243 Å². The van der Waals surface area contributed by atoms with Gasteiger partial charge in [0, 0.05) is 36.6 Å². The van der Waals surface area contributed by atoms with Crippen molar-refractivity contribution in [3.63, 3.8) is 0 Å². The molecule has 1 aromatic heterocycles. The molecule has 0 aliphatic carbocycles. The van der Waals surface area contributed by atoms with Crippen LogP contribution in [0.25, 0.3) is 0 Å². The maximum absolute atomic E-state index is 13.1. The first kappa shape index (κ1) is 30.3. The second-order valence-corrected chi connectivity index (χ2v) is 11.6. The number of nitrogens with zero attached hydrogens (tertiary/aromatic N) is 2. The van der Waals surface area contributed by atoms with Crippen LogP contribution in [0.1, 0.15) is 95.4 Å². The molecule has 3 atom stereocenters. The summed E-state index contributed by atoms with van der Waals surface area (Å²) in [6.45, 7) is 8.73. The molecule has 0 saturated heterocycles. The smallest absolute Gasteiger partial charge is 0.228 e.